The normalized spacial score (nSPS) is 12.8. The van der Waals surface area contributed by atoms with Crippen molar-refractivity contribution in [1.29, 1.82) is 0 Å². The Morgan fingerprint density at radius 1 is 1.10 bits per heavy atom. The van der Waals surface area contributed by atoms with Crippen molar-refractivity contribution in [3.8, 4) is 5.69 Å². The highest BCUT2D eigenvalue weighted by molar-refractivity contribution is 6.20. The molecule has 1 unspecified atom stereocenters. The van der Waals surface area contributed by atoms with Crippen LogP contribution in [-0.2, 0) is 0 Å². The van der Waals surface area contributed by atoms with E-state index in [1.807, 2.05) is 0 Å². The molecule has 0 aliphatic carbocycles. The fourth-order valence-corrected chi connectivity index (χ4v) is 2.59. The third kappa shape index (κ3) is 2.20. The van der Waals surface area contributed by atoms with Crippen molar-refractivity contribution in [3.63, 3.8) is 0 Å². The van der Waals surface area contributed by atoms with Crippen molar-refractivity contribution in [2.75, 3.05) is 0 Å². The average Bonchev–Trinajstić information content (AvgIpc) is 2.83. The maximum atomic E-state index is 13.9. The number of halogens is 3. The molecule has 2 nitrogen and oxygen atoms in total. The lowest BCUT2D eigenvalue weighted by molar-refractivity contribution is 0.616. The number of fused-ring (bicyclic) bond motifs is 1. The SMILES string of the molecule is Cc1c(F)cccc1-n1c(C(C)Cl)nc2c(F)cccc21. The molecule has 0 fully saturated rings. The van der Waals surface area contributed by atoms with Crippen LogP contribution in [0.15, 0.2) is 36.4 Å². The predicted octanol–water partition coefficient (Wildman–Crippen LogP) is 4.91. The number of hydrogen-bond acceptors (Lipinski definition) is 1. The second-order valence-electron chi connectivity index (χ2n) is 4.91. The zero-order valence-corrected chi connectivity index (χ0v) is 12.3. The number of aromatic nitrogens is 2. The Balaban J connectivity index is 2.43. The minimum atomic E-state index is -0.431. The van der Waals surface area contributed by atoms with Crippen LogP contribution in [0, 0.1) is 18.6 Å². The van der Waals surface area contributed by atoms with Gasteiger partial charge in [0.15, 0.2) is 5.82 Å². The number of hydrogen-bond donors (Lipinski definition) is 0. The molecule has 0 aliphatic rings. The molecule has 1 aromatic heterocycles. The van der Waals surface area contributed by atoms with E-state index in [1.165, 1.54) is 12.1 Å². The minimum absolute atomic E-state index is 0.240. The van der Waals surface area contributed by atoms with Crippen molar-refractivity contribution in [3.05, 3.63) is 59.4 Å². The van der Waals surface area contributed by atoms with Crippen molar-refractivity contribution >= 4 is 22.6 Å². The van der Waals surface area contributed by atoms with Crippen LogP contribution in [0.5, 0.6) is 0 Å². The topological polar surface area (TPSA) is 17.8 Å². The van der Waals surface area contributed by atoms with Crippen molar-refractivity contribution in [2.45, 2.75) is 19.2 Å². The van der Waals surface area contributed by atoms with Gasteiger partial charge in [-0.2, -0.15) is 0 Å². The first kappa shape index (κ1) is 14.0. The van der Waals surface area contributed by atoms with E-state index in [2.05, 4.69) is 4.98 Å². The molecule has 0 radical (unpaired) electrons. The third-order valence-electron chi connectivity index (χ3n) is 3.50. The summed E-state index contributed by atoms with van der Waals surface area (Å²) in [6.07, 6.45) is 0. The monoisotopic (exact) mass is 306 g/mol. The smallest absolute Gasteiger partial charge is 0.151 e. The summed E-state index contributed by atoms with van der Waals surface area (Å²) in [5, 5.41) is -0.431. The van der Waals surface area contributed by atoms with Gasteiger partial charge < -0.3 is 0 Å². The van der Waals surface area contributed by atoms with E-state index >= 15 is 0 Å². The fourth-order valence-electron chi connectivity index (χ4n) is 2.44. The van der Waals surface area contributed by atoms with Gasteiger partial charge in [-0.1, -0.05) is 12.1 Å². The molecule has 0 bridgehead atoms. The lowest BCUT2D eigenvalue weighted by Crippen LogP contribution is -2.04. The highest BCUT2D eigenvalue weighted by Gasteiger charge is 2.20. The minimum Gasteiger partial charge on any atom is -0.295 e. The van der Waals surface area contributed by atoms with Gasteiger partial charge in [-0.3, -0.25) is 4.57 Å². The van der Waals surface area contributed by atoms with E-state index < -0.39 is 11.2 Å². The molecule has 21 heavy (non-hydrogen) atoms. The standard InChI is InChI=1S/C16H13ClF2N2/c1-9-11(18)5-3-7-13(9)21-14-8-4-6-12(19)15(14)20-16(21)10(2)17/h3-8,10H,1-2H3. The zero-order chi connectivity index (χ0) is 15.1. The Morgan fingerprint density at radius 3 is 2.48 bits per heavy atom. The summed E-state index contributed by atoms with van der Waals surface area (Å²) in [5.41, 5.74) is 1.90. The number of nitrogens with zero attached hydrogens (tertiary/aromatic N) is 2. The largest absolute Gasteiger partial charge is 0.295 e. The second kappa shape index (κ2) is 5.11. The molecular weight excluding hydrogens is 294 g/mol. The molecule has 0 amide bonds. The van der Waals surface area contributed by atoms with Gasteiger partial charge in [0.05, 0.1) is 16.6 Å². The first-order chi connectivity index (χ1) is 10.0. The van der Waals surface area contributed by atoms with E-state index in [-0.39, 0.29) is 11.3 Å². The third-order valence-corrected chi connectivity index (χ3v) is 3.69. The number of benzene rings is 2. The zero-order valence-electron chi connectivity index (χ0n) is 11.6. The van der Waals surface area contributed by atoms with Gasteiger partial charge in [-0.25, -0.2) is 13.8 Å². The summed E-state index contributed by atoms with van der Waals surface area (Å²) in [7, 11) is 0. The molecule has 2 aromatic carbocycles. The number of imidazole rings is 1. The van der Waals surface area contributed by atoms with Gasteiger partial charge in [-0.05, 0) is 38.1 Å². The van der Waals surface area contributed by atoms with Crippen LogP contribution in [0.4, 0.5) is 8.78 Å². The van der Waals surface area contributed by atoms with E-state index in [1.54, 1.807) is 42.7 Å². The molecule has 0 saturated heterocycles. The Kier molecular flexibility index (Phi) is 3.41. The van der Waals surface area contributed by atoms with E-state index in [0.29, 0.717) is 22.6 Å². The first-order valence-corrected chi connectivity index (χ1v) is 7.00. The Labute approximate surface area is 126 Å². The molecule has 0 N–H and O–H groups in total. The molecule has 108 valence electrons. The highest BCUT2D eigenvalue weighted by atomic mass is 35.5. The summed E-state index contributed by atoms with van der Waals surface area (Å²) in [6.45, 7) is 3.43. The predicted molar refractivity (Wildman–Crippen MR) is 80.0 cm³/mol. The van der Waals surface area contributed by atoms with Gasteiger partial charge in [0.2, 0.25) is 0 Å². The number of rotatable bonds is 2. The molecule has 1 atom stereocenters. The molecule has 0 saturated carbocycles. The van der Waals surface area contributed by atoms with Gasteiger partial charge in [0, 0.05) is 5.56 Å². The van der Waals surface area contributed by atoms with Crippen LogP contribution < -0.4 is 0 Å². The highest BCUT2D eigenvalue weighted by Crippen LogP contribution is 2.31. The van der Waals surface area contributed by atoms with E-state index in [0.717, 1.165) is 0 Å². The van der Waals surface area contributed by atoms with Gasteiger partial charge >= 0.3 is 0 Å². The maximum Gasteiger partial charge on any atom is 0.151 e. The summed E-state index contributed by atoms with van der Waals surface area (Å²) in [6, 6.07) is 9.48. The molecule has 0 spiro atoms. The molecule has 5 heteroatoms. The van der Waals surface area contributed by atoms with Gasteiger partial charge in [-0.15, -0.1) is 11.6 Å². The Bertz CT molecular complexity index is 825. The van der Waals surface area contributed by atoms with Gasteiger partial charge in [0.25, 0.3) is 0 Å². The molecule has 0 aliphatic heterocycles. The lowest BCUT2D eigenvalue weighted by Gasteiger charge is -2.13. The molecule has 1 heterocycles. The molecule has 3 rings (SSSR count). The van der Waals surface area contributed by atoms with E-state index in [4.69, 9.17) is 11.6 Å². The summed E-state index contributed by atoms with van der Waals surface area (Å²) in [5.74, 6) is -0.247. The van der Waals surface area contributed by atoms with Crippen LogP contribution >= 0.6 is 11.6 Å². The fraction of sp³-hybridized carbons (Fsp3) is 0.188. The maximum absolute atomic E-state index is 13.9. The molecule has 3 aromatic rings. The van der Waals surface area contributed by atoms with Gasteiger partial charge in [0.1, 0.15) is 17.2 Å². The summed E-state index contributed by atoms with van der Waals surface area (Å²) < 4.78 is 29.5. The Morgan fingerprint density at radius 2 is 1.76 bits per heavy atom. The van der Waals surface area contributed by atoms with Crippen LogP contribution in [0.2, 0.25) is 0 Å². The quantitative estimate of drug-likeness (QED) is 0.615. The first-order valence-electron chi connectivity index (χ1n) is 6.57. The van der Waals surface area contributed by atoms with Crippen LogP contribution in [0.25, 0.3) is 16.7 Å². The number of alkyl halides is 1. The summed E-state index contributed by atoms with van der Waals surface area (Å²) >= 11 is 6.17. The summed E-state index contributed by atoms with van der Waals surface area (Å²) in [4.78, 5) is 4.29. The molecular formula is C16H13ClF2N2. The Hall–Kier alpha value is -1.94. The second-order valence-corrected chi connectivity index (χ2v) is 5.57. The van der Waals surface area contributed by atoms with E-state index in [9.17, 15) is 8.78 Å². The van der Waals surface area contributed by atoms with Crippen molar-refractivity contribution in [2.24, 2.45) is 0 Å². The van der Waals surface area contributed by atoms with Crippen LogP contribution in [0.1, 0.15) is 23.7 Å². The van der Waals surface area contributed by atoms with Crippen LogP contribution in [-0.4, -0.2) is 9.55 Å². The van der Waals surface area contributed by atoms with Crippen LogP contribution in [0.3, 0.4) is 0 Å². The number of para-hydroxylation sites is 1. The van der Waals surface area contributed by atoms with Crippen molar-refractivity contribution < 1.29 is 8.78 Å². The van der Waals surface area contributed by atoms with Crippen molar-refractivity contribution in [1.82, 2.24) is 9.55 Å². The average molecular weight is 307 g/mol. The lowest BCUT2D eigenvalue weighted by atomic mass is 10.1.